The van der Waals surface area contributed by atoms with Gasteiger partial charge in [0, 0.05) is 44.0 Å². The molecule has 0 unspecified atom stereocenters. The molecular weight excluding hydrogens is 354 g/mol. The smallest absolute Gasteiger partial charge is 0.219 e. The summed E-state index contributed by atoms with van der Waals surface area (Å²) in [6, 6.07) is 8.08. The first-order valence-corrected chi connectivity index (χ1v) is 9.77. The zero-order valence-corrected chi connectivity index (χ0v) is 16.1. The molecule has 0 N–H and O–H groups in total. The molecule has 3 heterocycles. The quantitative estimate of drug-likeness (QED) is 0.678. The van der Waals surface area contributed by atoms with Gasteiger partial charge in [-0.2, -0.15) is 0 Å². The minimum Gasteiger partial charge on any atom is -0.439 e. The van der Waals surface area contributed by atoms with Gasteiger partial charge in [-0.15, -0.1) is 0 Å². The number of likely N-dealkylation sites (tertiary alicyclic amines) is 1. The summed E-state index contributed by atoms with van der Waals surface area (Å²) < 4.78 is 5.87. The van der Waals surface area contributed by atoms with Crippen molar-refractivity contribution in [3.05, 3.63) is 54.4 Å². The van der Waals surface area contributed by atoms with Crippen molar-refractivity contribution in [2.24, 2.45) is 0 Å². The van der Waals surface area contributed by atoms with E-state index in [0.717, 1.165) is 54.9 Å². The highest BCUT2D eigenvalue weighted by Crippen LogP contribution is 2.22. The predicted molar refractivity (Wildman–Crippen MR) is 105 cm³/mol. The Balaban J connectivity index is 1.39. The summed E-state index contributed by atoms with van der Waals surface area (Å²) in [5, 5.41) is 0. The average Bonchev–Trinajstić information content (AvgIpc) is 2.97. The van der Waals surface area contributed by atoms with Crippen molar-refractivity contribution in [3.8, 4) is 0 Å². The van der Waals surface area contributed by atoms with Gasteiger partial charge in [0.25, 0.3) is 0 Å². The Morgan fingerprint density at radius 3 is 2.82 bits per heavy atom. The van der Waals surface area contributed by atoms with Crippen LogP contribution in [0.1, 0.15) is 37.6 Å². The van der Waals surface area contributed by atoms with Crippen LogP contribution in [0.4, 0.5) is 0 Å². The fourth-order valence-corrected chi connectivity index (χ4v) is 3.89. The van der Waals surface area contributed by atoms with Gasteiger partial charge in [0.05, 0.1) is 6.54 Å². The molecule has 0 bridgehead atoms. The lowest BCUT2D eigenvalue weighted by Gasteiger charge is -2.30. The first-order chi connectivity index (χ1) is 13.7. The molecule has 146 valence electrons. The lowest BCUT2D eigenvalue weighted by Crippen LogP contribution is -2.39. The molecule has 1 aromatic carbocycles. The molecular formula is C21H25N5O2. The minimum absolute atomic E-state index is 0.0984. The van der Waals surface area contributed by atoms with Gasteiger partial charge in [0.1, 0.15) is 11.8 Å². The summed E-state index contributed by atoms with van der Waals surface area (Å²) >= 11 is 0. The zero-order valence-electron chi connectivity index (χ0n) is 16.1. The van der Waals surface area contributed by atoms with Gasteiger partial charge in [-0.1, -0.05) is 12.1 Å². The third-order valence-corrected chi connectivity index (χ3v) is 5.30. The van der Waals surface area contributed by atoms with Crippen LogP contribution in [0.2, 0.25) is 0 Å². The van der Waals surface area contributed by atoms with Crippen molar-refractivity contribution in [2.45, 2.75) is 45.3 Å². The first-order valence-electron chi connectivity index (χ1n) is 9.77. The van der Waals surface area contributed by atoms with Crippen LogP contribution < -0.4 is 0 Å². The Hall–Kier alpha value is -2.80. The van der Waals surface area contributed by atoms with Gasteiger partial charge < -0.3 is 9.32 Å². The van der Waals surface area contributed by atoms with E-state index in [4.69, 9.17) is 4.42 Å². The fraction of sp³-hybridized carbons (Fsp3) is 0.429. The summed E-state index contributed by atoms with van der Waals surface area (Å²) in [6.45, 7) is 4.80. The molecule has 1 saturated heterocycles. The van der Waals surface area contributed by atoms with E-state index >= 15 is 0 Å². The molecule has 3 aromatic rings. The molecule has 1 aliphatic heterocycles. The molecule has 2 aromatic heterocycles. The van der Waals surface area contributed by atoms with Gasteiger partial charge >= 0.3 is 0 Å². The number of para-hydroxylation sites is 2. The zero-order chi connectivity index (χ0) is 19.3. The van der Waals surface area contributed by atoms with Crippen LogP contribution in [0, 0.1) is 0 Å². The van der Waals surface area contributed by atoms with Crippen molar-refractivity contribution >= 4 is 17.0 Å². The van der Waals surface area contributed by atoms with Gasteiger partial charge in [0.15, 0.2) is 5.58 Å². The van der Waals surface area contributed by atoms with Crippen LogP contribution in [-0.2, 0) is 17.9 Å². The van der Waals surface area contributed by atoms with Crippen LogP contribution in [0.15, 0.2) is 47.4 Å². The van der Waals surface area contributed by atoms with Crippen molar-refractivity contribution in [1.29, 1.82) is 0 Å². The monoisotopic (exact) mass is 379 g/mol. The number of fused-ring (bicyclic) bond motifs is 1. The molecule has 28 heavy (non-hydrogen) atoms. The molecule has 7 heteroatoms. The summed E-state index contributed by atoms with van der Waals surface area (Å²) in [4.78, 5) is 29.3. The number of benzene rings is 1. The first kappa shape index (κ1) is 18.6. The minimum atomic E-state index is 0.0984. The third kappa shape index (κ3) is 4.36. The Morgan fingerprint density at radius 2 is 2.04 bits per heavy atom. The summed E-state index contributed by atoms with van der Waals surface area (Å²) in [7, 11) is 0. The number of hydrogen-bond donors (Lipinski definition) is 0. The second kappa shape index (κ2) is 8.48. The van der Waals surface area contributed by atoms with Crippen LogP contribution in [0.5, 0.6) is 0 Å². The number of oxazole rings is 1. The van der Waals surface area contributed by atoms with Crippen LogP contribution in [0.25, 0.3) is 11.1 Å². The average molecular weight is 379 g/mol. The molecule has 1 aliphatic rings. The molecule has 0 aliphatic carbocycles. The van der Waals surface area contributed by atoms with E-state index < -0.39 is 0 Å². The Bertz CT molecular complexity index is 894. The van der Waals surface area contributed by atoms with Gasteiger partial charge in [-0.3, -0.25) is 9.69 Å². The van der Waals surface area contributed by atoms with Crippen molar-refractivity contribution in [1.82, 2.24) is 24.8 Å². The van der Waals surface area contributed by atoms with E-state index in [2.05, 4.69) is 19.9 Å². The van der Waals surface area contributed by atoms with Crippen LogP contribution >= 0.6 is 0 Å². The Labute approximate surface area is 164 Å². The van der Waals surface area contributed by atoms with Crippen molar-refractivity contribution in [3.63, 3.8) is 0 Å². The van der Waals surface area contributed by atoms with Gasteiger partial charge in [-0.25, -0.2) is 15.0 Å². The number of nitrogens with zero attached hydrogens (tertiary/aromatic N) is 5. The number of carbonyl (C=O) groups is 1. The van der Waals surface area contributed by atoms with Crippen molar-refractivity contribution < 1.29 is 9.21 Å². The second-order valence-corrected chi connectivity index (χ2v) is 7.33. The van der Waals surface area contributed by atoms with E-state index in [-0.39, 0.29) is 11.9 Å². The predicted octanol–water partition coefficient (Wildman–Crippen LogP) is 3.02. The summed E-state index contributed by atoms with van der Waals surface area (Å²) in [6.07, 6.45) is 8.04. The topological polar surface area (TPSA) is 75.4 Å². The maximum Gasteiger partial charge on any atom is 0.219 e. The second-order valence-electron chi connectivity index (χ2n) is 7.33. The highest BCUT2D eigenvalue weighted by molar-refractivity contribution is 5.73. The van der Waals surface area contributed by atoms with E-state index in [1.807, 2.05) is 29.2 Å². The highest BCUT2D eigenvalue weighted by atomic mass is 16.3. The standard InChI is InChI=1S/C21H25N5O2/c1-16(27)26(13-17-11-22-15-23-12-17)18-5-4-9-25(10-8-18)14-21-24-19-6-2-3-7-20(19)28-21/h2-3,6-7,11-12,15,18H,4-5,8-10,13-14H2,1H3/t18-/m0/s1. The molecule has 0 radical (unpaired) electrons. The highest BCUT2D eigenvalue weighted by Gasteiger charge is 2.25. The normalized spacial score (nSPS) is 18.1. The Morgan fingerprint density at radius 1 is 1.21 bits per heavy atom. The van der Waals surface area contributed by atoms with E-state index in [1.54, 1.807) is 19.3 Å². The third-order valence-electron chi connectivity index (χ3n) is 5.30. The number of amides is 1. The number of rotatable bonds is 5. The van der Waals surface area contributed by atoms with E-state index in [9.17, 15) is 4.79 Å². The van der Waals surface area contributed by atoms with Gasteiger partial charge in [0.2, 0.25) is 11.8 Å². The van der Waals surface area contributed by atoms with E-state index in [0.29, 0.717) is 13.1 Å². The SMILES string of the molecule is CC(=O)N(Cc1cncnc1)[C@H]1CCCN(Cc2nc3ccccc3o2)CC1. The number of aromatic nitrogens is 3. The molecule has 4 rings (SSSR count). The summed E-state index contributed by atoms with van der Waals surface area (Å²) in [5.74, 6) is 0.853. The molecule has 1 fully saturated rings. The molecule has 0 spiro atoms. The number of hydrogen-bond acceptors (Lipinski definition) is 6. The maximum absolute atomic E-state index is 12.3. The molecule has 7 nitrogen and oxygen atoms in total. The van der Waals surface area contributed by atoms with Crippen molar-refractivity contribution in [2.75, 3.05) is 13.1 Å². The maximum atomic E-state index is 12.3. The molecule has 1 amide bonds. The summed E-state index contributed by atoms with van der Waals surface area (Å²) in [5.41, 5.74) is 2.70. The fourth-order valence-electron chi connectivity index (χ4n) is 3.89. The lowest BCUT2D eigenvalue weighted by atomic mass is 10.1. The lowest BCUT2D eigenvalue weighted by molar-refractivity contribution is -0.132. The molecule has 1 atom stereocenters. The van der Waals surface area contributed by atoms with E-state index in [1.165, 1.54) is 6.33 Å². The number of carbonyl (C=O) groups excluding carboxylic acids is 1. The van der Waals surface area contributed by atoms with Gasteiger partial charge in [-0.05, 0) is 37.9 Å². The van der Waals surface area contributed by atoms with Crippen LogP contribution in [-0.4, -0.2) is 49.8 Å². The largest absolute Gasteiger partial charge is 0.439 e. The molecule has 0 saturated carbocycles. The van der Waals surface area contributed by atoms with Crippen LogP contribution in [0.3, 0.4) is 0 Å². The Kier molecular flexibility index (Phi) is 5.62.